The zero-order valence-electron chi connectivity index (χ0n) is 11.4. The molecule has 0 saturated carbocycles. The van der Waals surface area contributed by atoms with Crippen molar-refractivity contribution < 1.29 is 9.53 Å². The van der Waals surface area contributed by atoms with Gasteiger partial charge in [0.25, 0.3) is 0 Å². The van der Waals surface area contributed by atoms with Gasteiger partial charge in [-0.05, 0) is 38.5 Å². The fourth-order valence-corrected chi connectivity index (χ4v) is 1.66. The lowest BCUT2D eigenvalue weighted by Crippen LogP contribution is -2.32. The summed E-state index contributed by atoms with van der Waals surface area (Å²) in [5, 5.41) is 3.40. The molecular weight excluding hydrogens is 306 g/mol. The van der Waals surface area contributed by atoms with E-state index in [9.17, 15) is 4.79 Å². The molecule has 0 unspecified atom stereocenters. The fourth-order valence-electron chi connectivity index (χ4n) is 1.31. The molecule has 0 heterocycles. The number of alkyl halides is 1. The smallest absolute Gasteiger partial charge is 0.408 e. The zero-order chi connectivity index (χ0) is 14.3. The van der Waals surface area contributed by atoms with E-state index in [4.69, 9.17) is 4.74 Å². The van der Waals surface area contributed by atoms with Gasteiger partial charge in [0.05, 0.1) is 6.54 Å². The standard InChI is InChI=1S/C15H18BrNO2/c1-15(2,3)19-14(18)17-9-5-8-12-6-4-7-13(10-12)11-16/h4,6-7,10H,9,11H2,1-3H3,(H,17,18). The molecular formula is C15H18BrNO2. The average molecular weight is 324 g/mol. The third-order valence-corrected chi connectivity index (χ3v) is 2.68. The van der Waals surface area contributed by atoms with Gasteiger partial charge in [-0.3, -0.25) is 0 Å². The van der Waals surface area contributed by atoms with Crippen molar-refractivity contribution >= 4 is 22.0 Å². The number of nitrogens with one attached hydrogen (secondary N) is 1. The Labute approximate surface area is 122 Å². The van der Waals surface area contributed by atoms with Crippen LogP contribution in [0.5, 0.6) is 0 Å². The Hall–Kier alpha value is -1.47. The monoisotopic (exact) mass is 323 g/mol. The number of rotatable bonds is 2. The van der Waals surface area contributed by atoms with Crippen molar-refractivity contribution in [1.82, 2.24) is 5.32 Å². The number of halogens is 1. The van der Waals surface area contributed by atoms with Crippen LogP contribution in [0.3, 0.4) is 0 Å². The third kappa shape index (κ3) is 6.88. The predicted octanol–water partition coefficient (Wildman–Crippen LogP) is 3.46. The number of hydrogen-bond donors (Lipinski definition) is 1. The topological polar surface area (TPSA) is 38.3 Å². The minimum atomic E-state index is -0.484. The van der Waals surface area contributed by atoms with E-state index in [0.717, 1.165) is 10.9 Å². The first-order valence-electron chi connectivity index (χ1n) is 6.01. The van der Waals surface area contributed by atoms with E-state index < -0.39 is 11.7 Å². The molecule has 0 spiro atoms. The molecule has 0 bridgehead atoms. The van der Waals surface area contributed by atoms with E-state index in [2.05, 4.69) is 33.1 Å². The summed E-state index contributed by atoms with van der Waals surface area (Å²) in [4.78, 5) is 11.4. The van der Waals surface area contributed by atoms with Gasteiger partial charge in [0.2, 0.25) is 0 Å². The van der Waals surface area contributed by atoms with Gasteiger partial charge in [0, 0.05) is 10.9 Å². The van der Waals surface area contributed by atoms with Crippen molar-refractivity contribution in [3.8, 4) is 11.8 Å². The van der Waals surface area contributed by atoms with Crippen LogP contribution in [0.15, 0.2) is 24.3 Å². The Kier molecular flexibility index (Phi) is 5.91. The third-order valence-electron chi connectivity index (χ3n) is 2.03. The van der Waals surface area contributed by atoms with Crippen molar-refractivity contribution in [2.24, 2.45) is 0 Å². The van der Waals surface area contributed by atoms with E-state index in [1.54, 1.807) is 0 Å². The van der Waals surface area contributed by atoms with Gasteiger partial charge in [-0.25, -0.2) is 4.79 Å². The summed E-state index contributed by atoms with van der Waals surface area (Å²) in [5.41, 5.74) is 1.62. The minimum absolute atomic E-state index is 0.271. The van der Waals surface area contributed by atoms with E-state index in [1.807, 2.05) is 45.0 Å². The lowest BCUT2D eigenvalue weighted by molar-refractivity contribution is 0.0535. The average Bonchev–Trinajstić information content (AvgIpc) is 2.33. The van der Waals surface area contributed by atoms with Crippen LogP contribution < -0.4 is 5.32 Å². The number of alkyl carbamates (subject to hydrolysis) is 1. The summed E-state index contributed by atoms with van der Waals surface area (Å²) in [6, 6.07) is 7.93. The summed E-state index contributed by atoms with van der Waals surface area (Å²) in [7, 11) is 0. The molecule has 0 atom stereocenters. The highest BCUT2D eigenvalue weighted by atomic mass is 79.9. The van der Waals surface area contributed by atoms with Crippen LogP contribution in [0.2, 0.25) is 0 Å². The van der Waals surface area contributed by atoms with E-state index in [-0.39, 0.29) is 6.54 Å². The Morgan fingerprint density at radius 2 is 2.16 bits per heavy atom. The molecule has 4 heteroatoms. The summed E-state index contributed by atoms with van der Waals surface area (Å²) < 4.78 is 5.10. The zero-order valence-corrected chi connectivity index (χ0v) is 13.0. The van der Waals surface area contributed by atoms with Gasteiger partial charge in [-0.2, -0.15) is 0 Å². The number of carbonyl (C=O) groups excluding carboxylic acids is 1. The Balaban J connectivity index is 2.45. The molecule has 0 radical (unpaired) electrons. The molecule has 0 fully saturated rings. The molecule has 1 amide bonds. The highest BCUT2D eigenvalue weighted by Crippen LogP contribution is 2.08. The highest BCUT2D eigenvalue weighted by molar-refractivity contribution is 9.08. The normalized spacial score (nSPS) is 10.3. The van der Waals surface area contributed by atoms with E-state index in [0.29, 0.717) is 0 Å². The fraction of sp³-hybridized carbons (Fsp3) is 0.400. The SMILES string of the molecule is CC(C)(C)OC(=O)NCC#Cc1cccc(CBr)c1. The van der Waals surface area contributed by atoms with Gasteiger partial charge in [-0.15, -0.1) is 0 Å². The van der Waals surface area contributed by atoms with Gasteiger partial charge in [-0.1, -0.05) is 39.9 Å². The predicted molar refractivity (Wildman–Crippen MR) is 80.2 cm³/mol. The molecule has 3 nitrogen and oxygen atoms in total. The second-order valence-electron chi connectivity index (χ2n) is 4.99. The maximum atomic E-state index is 11.4. The first-order chi connectivity index (χ1) is 8.90. The minimum Gasteiger partial charge on any atom is -0.444 e. The Bertz CT molecular complexity index is 495. The molecule has 102 valence electrons. The first-order valence-corrected chi connectivity index (χ1v) is 7.13. The van der Waals surface area contributed by atoms with E-state index >= 15 is 0 Å². The van der Waals surface area contributed by atoms with Crippen LogP contribution >= 0.6 is 15.9 Å². The van der Waals surface area contributed by atoms with Gasteiger partial charge in [0.15, 0.2) is 0 Å². The molecule has 1 aromatic rings. The maximum absolute atomic E-state index is 11.4. The molecule has 19 heavy (non-hydrogen) atoms. The molecule has 0 aliphatic carbocycles. The molecule has 0 aromatic heterocycles. The summed E-state index contributed by atoms with van der Waals surface area (Å²) in [6.45, 7) is 5.74. The summed E-state index contributed by atoms with van der Waals surface area (Å²) >= 11 is 3.40. The van der Waals surface area contributed by atoms with Crippen molar-refractivity contribution in [2.75, 3.05) is 6.54 Å². The van der Waals surface area contributed by atoms with Crippen molar-refractivity contribution in [3.63, 3.8) is 0 Å². The van der Waals surface area contributed by atoms with Crippen LogP contribution in [-0.2, 0) is 10.1 Å². The number of amides is 1. The number of ether oxygens (including phenoxy) is 1. The van der Waals surface area contributed by atoms with Crippen molar-refractivity contribution in [2.45, 2.75) is 31.7 Å². The number of carbonyl (C=O) groups is 1. The van der Waals surface area contributed by atoms with Gasteiger partial charge >= 0.3 is 6.09 Å². The van der Waals surface area contributed by atoms with Crippen LogP contribution in [0.1, 0.15) is 31.9 Å². The second-order valence-corrected chi connectivity index (χ2v) is 5.55. The van der Waals surface area contributed by atoms with Crippen molar-refractivity contribution in [3.05, 3.63) is 35.4 Å². The molecule has 1 rings (SSSR count). The lowest BCUT2D eigenvalue weighted by Gasteiger charge is -2.18. The number of benzene rings is 1. The lowest BCUT2D eigenvalue weighted by atomic mass is 10.1. The Morgan fingerprint density at radius 1 is 1.42 bits per heavy atom. The summed E-state index contributed by atoms with van der Waals surface area (Å²) in [6.07, 6.45) is -0.448. The van der Waals surface area contributed by atoms with Crippen molar-refractivity contribution in [1.29, 1.82) is 0 Å². The van der Waals surface area contributed by atoms with Crippen LogP contribution in [0, 0.1) is 11.8 Å². The quantitative estimate of drug-likeness (QED) is 0.668. The molecule has 0 aliphatic rings. The maximum Gasteiger partial charge on any atom is 0.408 e. The second kappa shape index (κ2) is 7.20. The molecule has 0 saturated heterocycles. The first kappa shape index (κ1) is 15.6. The molecule has 1 aromatic carbocycles. The van der Waals surface area contributed by atoms with E-state index in [1.165, 1.54) is 5.56 Å². The van der Waals surface area contributed by atoms with Gasteiger partial charge in [0.1, 0.15) is 5.60 Å². The summed E-state index contributed by atoms with van der Waals surface area (Å²) in [5.74, 6) is 5.89. The highest BCUT2D eigenvalue weighted by Gasteiger charge is 2.14. The number of hydrogen-bond acceptors (Lipinski definition) is 2. The van der Waals surface area contributed by atoms with Crippen LogP contribution in [-0.4, -0.2) is 18.2 Å². The largest absolute Gasteiger partial charge is 0.444 e. The van der Waals surface area contributed by atoms with Gasteiger partial charge < -0.3 is 10.1 Å². The van der Waals surface area contributed by atoms with Crippen LogP contribution in [0.4, 0.5) is 4.79 Å². The Morgan fingerprint density at radius 3 is 2.79 bits per heavy atom. The molecule has 1 N–H and O–H groups in total. The molecule has 0 aliphatic heterocycles. The van der Waals surface area contributed by atoms with Crippen LogP contribution in [0.25, 0.3) is 0 Å².